The van der Waals surface area contributed by atoms with Crippen LogP contribution in [0, 0.1) is 10.1 Å². The van der Waals surface area contributed by atoms with Crippen LogP contribution in [0.5, 0.6) is 0 Å². The summed E-state index contributed by atoms with van der Waals surface area (Å²) in [6.07, 6.45) is 6.34. The van der Waals surface area contributed by atoms with Crippen LogP contribution in [-0.4, -0.2) is 56.4 Å². The van der Waals surface area contributed by atoms with Gasteiger partial charge in [0.1, 0.15) is 17.5 Å². The quantitative estimate of drug-likeness (QED) is 0.258. The van der Waals surface area contributed by atoms with Gasteiger partial charge in [0.05, 0.1) is 16.0 Å². The number of benzene rings is 1. The van der Waals surface area contributed by atoms with Crippen molar-refractivity contribution in [2.45, 2.75) is 18.9 Å². The van der Waals surface area contributed by atoms with Gasteiger partial charge in [-0.3, -0.25) is 19.3 Å². The maximum Gasteiger partial charge on any atom is 0.311 e. The molecule has 3 aromatic heterocycles. The summed E-state index contributed by atoms with van der Waals surface area (Å²) in [7, 11) is 1.46. The van der Waals surface area contributed by atoms with Crippen LogP contribution >= 0.6 is 11.8 Å². The summed E-state index contributed by atoms with van der Waals surface area (Å²) in [5, 5.41) is 13.3. The molecule has 34 heavy (non-hydrogen) atoms. The molecular formula is C23H22ClN7O3. The number of hydrogen-bond acceptors (Lipinski definition) is 7. The first-order chi connectivity index (χ1) is 16.3. The fourth-order valence-corrected chi connectivity index (χ4v) is 4.65. The van der Waals surface area contributed by atoms with Gasteiger partial charge in [-0.2, -0.15) is 0 Å². The van der Waals surface area contributed by atoms with Crippen LogP contribution in [0.4, 0.5) is 11.4 Å². The minimum absolute atomic E-state index is 0.0441. The van der Waals surface area contributed by atoms with Crippen LogP contribution < -0.4 is 10.6 Å². The lowest BCUT2D eigenvalue weighted by Crippen LogP contribution is -2.43. The van der Waals surface area contributed by atoms with Gasteiger partial charge in [0.25, 0.3) is 5.91 Å². The molecule has 1 saturated heterocycles. The number of amides is 1. The molecule has 3 N–H and O–H groups in total. The van der Waals surface area contributed by atoms with E-state index in [0.717, 1.165) is 33.8 Å². The van der Waals surface area contributed by atoms with E-state index in [0.29, 0.717) is 40.9 Å². The van der Waals surface area contributed by atoms with Gasteiger partial charge in [0.2, 0.25) is 0 Å². The predicted molar refractivity (Wildman–Crippen MR) is 131 cm³/mol. The van der Waals surface area contributed by atoms with Crippen LogP contribution in [-0.2, 0) is 0 Å². The van der Waals surface area contributed by atoms with Crippen molar-refractivity contribution in [3.8, 4) is 11.1 Å². The highest BCUT2D eigenvalue weighted by Gasteiger charge is 2.27. The third-order valence-electron chi connectivity index (χ3n) is 6.16. The molecule has 0 bridgehead atoms. The number of pyridine rings is 2. The summed E-state index contributed by atoms with van der Waals surface area (Å²) in [6, 6.07) is 7.33. The Labute approximate surface area is 199 Å². The van der Waals surface area contributed by atoms with Gasteiger partial charge in [-0.25, -0.2) is 9.97 Å². The minimum Gasteiger partial charge on any atom is -0.364 e. The normalized spacial score (nSPS) is 16.2. The molecule has 0 spiro atoms. The zero-order valence-electron chi connectivity index (χ0n) is 18.4. The first-order valence-corrected chi connectivity index (χ1v) is 11.2. The van der Waals surface area contributed by atoms with Crippen molar-refractivity contribution >= 4 is 51.0 Å². The summed E-state index contributed by atoms with van der Waals surface area (Å²) in [6.45, 7) is 1.23. The van der Waals surface area contributed by atoms with E-state index in [9.17, 15) is 14.9 Å². The van der Waals surface area contributed by atoms with E-state index < -0.39 is 4.92 Å². The van der Waals surface area contributed by atoms with Gasteiger partial charge in [-0.05, 0) is 36.6 Å². The van der Waals surface area contributed by atoms with Crippen LogP contribution in [0.2, 0.25) is 0 Å². The van der Waals surface area contributed by atoms with Gasteiger partial charge in [-0.1, -0.05) is 6.07 Å². The fourth-order valence-electron chi connectivity index (χ4n) is 4.55. The van der Waals surface area contributed by atoms with Crippen molar-refractivity contribution in [2.24, 2.45) is 5.73 Å². The zero-order valence-corrected chi connectivity index (χ0v) is 19.1. The summed E-state index contributed by atoms with van der Waals surface area (Å²) in [5.74, 6) is -0.370. The number of piperidine rings is 1. The molecule has 174 valence electrons. The van der Waals surface area contributed by atoms with Crippen molar-refractivity contribution < 1.29 is 9.72 Å². The number of nitrogens with zero attached hydrogens (tertiary/aromatic N) is 5. The number of carbonyl (C=O) groups excluding carboxylic acids is 1. The van der Waals surface area contributed by atoms with E-state index in [2.05, 4.69) is 15.0 Å². The van der Waals surface area contributed by atoms with Gasteiger partial charge in [-0.15, -0.1) is 0 Å². The van der Waals surface area contributed by atoms with E-state index >= 15 is 0 Å². The Morgan fingerprint density at radius 2 is 2.12 bits per heavy atom. The van der Waals surface area contributed by atoms with E-state index in [1.165, 1.54) is 19.4 Å². The molecule has 5 rings (SSSR count). The molecule has 4 aromatic rings. The summed E-state index contributed by atoms with van der Waals surface area (Å²) in [5.41, 5.74) is 9.92. The lowest BCUT2D eigenvalue weighted by atomic mass is 10.00. The molecule has 1 aromatic carbocycles. The molecule has 1 fully saturated rings. The van der Waals surface area contributed by atoms with Crippen molar-refractivity contribution in [3.63, 3.8) is 0 Å². The predicted octanol–water partition coefficient (Wildman–Crippen LogP) is 3.84. The van der Waals surface area contributed by atoms with Crippen molar-refractivity contribution in [1.82, 2.24) is 19.4 Å². The SMILES string of the molecule is CN(Cl)C(=O)c1cnc2[nH]cc(-c3ccc4ncc([N+](=O)[O-])c(N5CCC[C@H](N)C5)c4c3)c2c1. The van der Waals surface area contributed by atoms with Gasteiger partial charge >= 0.3 is 5.69 Å². The largest absolute Gasteiger partial charge is 0.364 e. The molecule has 1 atom stereocenters. The second-order valence-corrected chi connectivity index (χ2v) is 8.94. The monoisotopic (exact) mass is 479 g/mol. The van der Waals surface area contributed by atoms with Crippen molar-refractivity contribution in [2.75, 3.05) is 25.0 Å². The summed E-state index contributed by atoms with van der Waals surface area (Å²) >= 11 is 5.82. The maximum atomic E-state index is 12.3. The summed E-state index contributed by atoms with van der Waals surface area (Å²) in [4.78, 5) is 37.6. The number of rotatable bonds is 4. The Hall–Kier alpha value is -3.76. The molecule has 0 radical (unpaired) electrons. The average molecular weight is 480 g/mol. The number of hydrogen-bond donors (Lipinski definition) is 2. The molecule has 10 nitrogen and oxygen atoms in total. The smallest absolute Gasteiger partial charge is 0.311 e. The number of halogens is 1. The fraction of sp³-hybridized carbons (Fsp3) is 0.261. The van der Waals surface area contributed by atoms with Crippen LogP contribution in [0.25, 0.3) is 33.1 Å². The minimum atomic E-state index is -0.398. The van der Waals surface area contributed by atoms with E-state index in [-0.39, 0.29) is 17.6 Å². The molecule has 11 heteroatoms. The van der Waals surface area contributed by atoms with Crippen LogP contribution in [0.3, 0.4) is 0 Å². The highest BCUT2D eigenvalue weighted by atomic mass is 35.5. The maximum absolute atomic E-state index is 12.3. The standard InChI is InChI=1S/C23H22ClN7O3/c1-29(24)23(32)14-8-16-18(10-28-22(16)27-9-14)13-4-5-19-17(7-13)21(20(11-26-19)31(33)34)30-6-2-3-15(25)12-30/h4-5,7-11,15H,2-3,6,12,25H2,1H3,(H,27,28)/t15-/m0/s1. The number of fused-ring (bicyclic) bond motifs is 2. The molecule has 0 saturated carbocycles. The molecular weight excluding hydrogens is 458 g/mol. The molecule has 0 aliphatic carbocycles. The first kappa shape index (κ1) is 22.1. The Balaban J connectivity index is 1.69. The van der Waals surface area contributed by atoms with Gasteiger partial charge in [0.15, 0.2) is 0 Å². The number of carbonyl (C=O) groups is 1. The van der Waals surface area contributed by atoms with Crippen molar-refractivity contribution in [1.29, 1.82) is 0 Å². The van der Waals surface area contributed by atoms with Crippen molar-refractivity contribution in [3.05, 3.63) is 58.5 Å². The second kappa shape index (κ2) is 8.54. The first-order valence-electron chi connectivity index (χ1n) is 10.8. The van der Waals surface area contributed by atoms with Gasteiger partial charge < -0.3 is 15.6 Å². The number of nitrogens with two attached hydrogens (primary N) is 1. The number of H-pyrrole nitrogens is 1. The second-order valence-electron chi connectivity index (χ2n) is 8.43. The number of nitro groups is 1. The lowest BCUT2D eigenvalue weighted by molar-refractivity contribution is -0.384. The zero-order chi connectivity index (χ0) is 24.0. The Morgan fingerprint density at radius 3 is 2.85 bits per heavy atom. The number of anilines is 1. The summed E-state index contributed by atoms with van der Waals surface area (Å²) < 4.78 is 0.978. The van der Waals surface area contributed by atoms with E-state index in [1.807, 2.05) is 23.1 Å². The Kier molecular flexibility index (Phi) is 5.54. The Bertz CT molecular complexity index is 1440. The third-order valence-corrected chi connectivity index (χ3v) is 6.31. The average Bonchev–Trinajstić information content (AvgIpc) is 3.25. The van der Waals surface area contributed by atoms with Gasteiger partial charge in [0, 0.05) is 66.7 Å². The highest BCUT2D eigenvalue weighted by Crippen LogP contribution is 2.39. The van der Waals surface area contributed by atoms with E-state index in [1.54, 1.807) is 12.3 Å². The molecule has 1 aliphatic rings. The molecule has 1 aliphatic heterocycles. The van der Waals surface area contributed by atoms with Crippen LogP contribution in [0.15, 0.2) is 42.9 Å². The van der Waals surface area contributed by atoms with E-state index in [4.69, 9.17) is 17.5 Å². The molecule has 1 amide bonds. The number of nitrogens with one attached hydrogen (secondary N) is 1. The molecule has 0 unspecified atom stereocenters. The Morgan fingerprint density at radius 1 is 1.29 bits per heavy atom. The number of aromatic amines is 1. The third kappa shape index (κ3) is 3.80. The highest BCUT2D eigenvalue weighted by molar-refractivity contribution is 6.24. The lowest BCUT2D eigenvalue weighted by Gasteiger charge is -2.32. The molecule has 4 heterocycles. The van der Waals surface area contributed by atoms with Crippen LogP contribution in [0.1, 0.15) is 23.2 Å². The number of aromatic nitrogens is 3. The topological polar surface area (TPSA) is 134 Å².